The quantitative estimate of drug-likeness (QED) is 0.719. The van der Waals surface area contributed by atoms with Crippen molar-refractivity contribution in [2.45, 2.75) is 32.2 Å². The van der Waals surface area contributed by atoms with Gasteiger partial charge in [-0.25, -0.2) is 0 Å². The van der Waals surface area contributed by atoms with E-state index in [0.29, 0.717) is 25.7 Å². The number of rotatable bonds is 10. The molecule has 0 radical (unpaired) electrons. The molecule has 0 bridgehead atoms. The molecular weight excluding hydrogens is 280 g/mol. The van der Waals surface area contributed by atoms with E-state index in [2.05, 4.69) is 12.2 Å². The van der Waals surface area contributed by atoms with Crippen molar-refractivity contribution in [3.63, 3.8) is 0 Å². The van der Waals surface area contributed by atoms with Gasteiger partial charge in [0.15, 0.2) is 0 Å². The lowest BCUT2D eigenvalue weighted by molar-refractivity contribution is -0.122. The number of nitrogens with one attached hydrogen (secondary N) is 1. The number of carbonyl (C=O) groups is 1. The number of carbonyl (C=O) groups excluding carboxylic acids is 1. The Morgan fingerprint density at radius 3 is 2.32 bits per heavy atom. The largest absolute Gasteiger partial charge is 0.494 e. The Hall–Kier alpha value is -1.75. The molecule has 0 spiro atoms. The summed E-state index contributed by atoms with van der Waals surface area (Å²) in [4.78, 5) is 13.6. The molecule has 5 nitrogen and oxygen atoms in total. The minimum absolute atomic E-state index is 0.0995. The lowest BCUT2D eigenvalue weighted by Crippen LogP contribution is -2.37. The molecule has 1 aliphatic carbocycles. The van der Waals surface area contributed by atoms with Gasteiger partial charge >= 0.3 is 0 Å². The predicted molar refractivity (Wildman–Crippen MR) is 86.4 cm³/mol. The molecule has 122 valence electrons. The highest BCUT2D eigenvalue weighted by atomic mass is 16.5. The normalized spacial score (nSPS) is 14.0. The molecule has 0 unspecified atom stereocenters. The van der Waals surface area contributed by atoms with Crippen molar-refractivity contribution in [3.05, 3.63) is 24.3 Å². The van der Waals surface area contributed by atoms with Gasteiger partial charge in [-0.05, 0) is 50.6 Å². The van der Waals surface area contributed by atoms with Gasteiger partial charge in [0.1, 0.15) is 18.1 Å². The average molecular weight is 306 g/mol. The van der Waals surface area contributed by atoms with E-state index in [4.69, 9.17) is 9.47 Å². The monoisotopic (exact) mass is 306 g/mol. The van der Waals surface area contributed by atoms with Crippen LogP contribution in [0.3, 0.4) is 0 Å². The molecule has 1 amide bonds. The molecule has 1 saturated carbocycles. The summed E-state index contributed by atoms with van der Waals surface area (Å²) in [5.41, 5.74) is 0. The van der Waals surface area contributed by atoms with Gasteiger partial charge < -0.3 is 14.8 Å². The zero-order valence-electron chi connectivity index (χ0n) is 13.5. The fraction of sp³-hybridized carbons (Fsp3) is 0.588. The van der Waals surface area contributed by atoms with Crippen LogP contribution in [0.1, 0.15) is 26.2 Å². The van der Waals surface area contributed by atoms with Crippen LogP contribution in [0.15, 0.2) is 24.3 Å². The number of benzene rings is 1. The van der Waals surface area contributed by atoms with Crippen LogP contribution in [0.5, 0.6) is 11.5 Å². The molecule has 0 heterocycles. The van der Waals surface area contributed by atoms with Crippen LogP contribution in [-0.4, -0.2) is 50.2 Å². The summed E-state index contributed by atoms with van der Waals surface area (Å²) in [6, 6.07) is 8.07. The fourth-order valence-corrected chi connectivity index (χ4v) is 2.00. The molecule has 0 saturated heterocycles. The highest BCUT2D eigenvalue weighted by molar-refractivity contribution is 5.78. The topological polar surface area (TPSA) is 50.8 Å². The number of amides is 1. The maximum absolute atomic E-state index is 11.7. The van der Waals surface area contributed by atoms with Crippen LogP contribution in [0, 0.1) is 0 Å². The van der Waals surface area contributed by atoms with E-state index in [-0.39, 0.29) is 5.91 Å². The van der Waals surface area contributed by atoms with Crippen LogP contribution < -0.4 is 14.8 Å². The van der Waals surface area contributed by atoms with E-state index in [0.717, 1.165) is 37.4 Å². The molecule has 2 rings (SSSR count). The van der Waals surface area contributed by atoms with Crippen LogP contribution in [0.2, 0.25) is 0 Å². The summed E-state index contributed by atoms with van der Waals surface area (Å²) < 4.78 is 11.2. The van der Waals surface area contributed by atoms with E-state index in [1.165, 1.54) is 0 Å². The third kappa shape index (κ3) is 6.35. The lowest BCUT2D eigenvalue weighted by atomic mass is 10.3. The zero-order valence-corrected chi connectivity index (χ0v) is 13.5. The van der Waals surface area contributed by atoms with Gasteiger partial charge in [-0.1, -0.05) is 6.92 Å². The van der Waals surface area contributed by atoms with E-state index >= 15 is 0 Å². The first kappa shape index (κ1) is 16.6. The van der Waals surface area contributed by atoms with Crippen molar-refractivity contribution in [1.82, 2.24) is 10.2 Å². The Morgan fingerprint density at radius 2 is 1.77 bits per heavy atom. The van der Waals surface area contributed by atoms with Gasteiger partial charge in [0.2, 0.25) is 5.91 Å². The van der Waals surface area contributed by atoms with E-state index in [1.807, 2.05) is 36.2 Å². The van der Waals surface area contributed by atoms with Crippen LogP contribution in [-0.2, 0) is 4.79 Å². The molecule has 0 atom stereocenters. The third-order valence-corrected chi connectivity index (χ3v) is 3.39. The second-order valence-corrected chi connectivity index (χ2v) is 5.75. The summed E-state index contributed by atoms with van der Waals surface area (Å²) in [6.45, 7) is 4.50. The van der Waals surface area contributed by atoms with Crippen molar-refractivity contribution in [1.29, 1.82) is 0 Å². The molecular formula is C17H26N2O3. The number of nitrogens with zero attached hydrogens (tertiary/aromatic N) is 1. The van der Waals surface area contributed by atoms with Gasteiger partial charge in [0, 0.05) is 12.6 Å². The molecule has 1 fully saturated rings. The van der Waals surface area contributed by atoms with E-state index in [1.54, 1.807) is 0 Å². The molecule has 5 heteroatoms. The highest BCUT2D eigenvalue weighted by Gasteiger charge is 2.23. The minimum atomic E-state index is 0.0995. The summed E-state index contributed by atoms with van der Waals surface area (Å²) in [5, 5.41) is 2.98. The summed E-state index contributed by atoms with van der Waals surface area (Å²) >= 11 is 0. The third-order valence-electron chi connectivity index (χ3n) is 3.39. The van der Waals surface area contributed by atoms with Gasteiger partial charge in [0.05, 0.1) is 13.2 Å². The second-order valence-electron chi connectivity index (χ2n) is 5.75. The smallest absolute Gasteiger partial charge is 0.234 e. The van der Waals surface area contributed by atoms with Gasteiger partial charge in [-0.15, -0.1) is 0 Å². The zero-order chi connectivity index (χ0) is 15.8. The van der Waals surface area contributed by atoms with Crippen molar-refractivity contribution in [3.8, 4) is 11.5 Å². The average Bonchev–Trinajstić information content (AvgIpc) is 3.30. The first-order chi connectivity index (χ1) is 10.7. The number of likely N-dealkylation sites (N-methyl/N-ethyl adjacent to an activating group) is 1. The molecule has 0 aromatic heterocycles. The van der Waals surface area contributed by atoms with Crippen LogP contribution in [0.25, 0.3) is 0 Å². The van der Waals surface area contributed by atoms with E-state index in [9.17, 15) is 4.79 Å². The maximum Gasteiger partial charge on any atom is 0.234 e. The van der Waals surface area contributed by atoms with Crippen molar-refractivity contribution in [2.24, 2.45) is 0 Å². The molecule has 22 heavy (non-hydrogen) atoms. The van der Waals surface area contributed by atoms with Crippen molar-refractivity contribution < 1.29 is 14.3 Å². The Kier molecular flexibility index (Phi) is 6.52. The predicted octanol–water partition coefficient (Wildman–Crippen LogP) is 2.06. The van der Waals surface area contributed by atoms with Gasteiger partial charge in [0.25, 0.3) is 0 Å². The second kappa shape index (κ2) is 8.63. The SMILES string of the molecule is CCCOc1ccc(OCCN(C)CC(=O)NC2CC2)cc1. The number of ether oxygens (including phenoxy) is 2. The van der Waals surface area contributed by atoms with Crippen LogP contribution in [0.4, 0.5) is 0 Å². The van der Waals surface area contributed by atoms with Gasteiger partial charge in [-0.2, -0.15) is 0 Å². The molecule has 1 N–H and O–H groups in total. The fourth-order valence-electron chi connectivity index (χ4n) is 2.00. The molecule has 1 aliphatic rings. The van der Waals surface area contributed by atoms with Gasteiger partial charge in [-0.3, -0.25) is 9.69 Å². The number of hydrogen-bond acceptors (Lipinski definition) is 4. The minimum Gasteiger partial charge on any atom is -0.494 e. The Bertz CT molecular complexity index is 457. The number of hydrogen-bond donors (Lipinski definition) is 1. The highest BCUT2D eigenvalue weighted by Crippen LogP contribution is 2.18. The molecule has 1 aromatic carbocycles. The Balaban J connectivity index is 1.61. The first-order valence-electron chi connectivity index (χ1n) is 8.01. The molecule has 0 aliphatic heterocycles. The first-order valence-corrected chi connectivity index (χ1v) is 8.01. The summed E-state index contributed by atoms with van der Waals surface area (Å²) in [6.07, 6.45) is 3.24. The summed E-state index contributed by atoms with van der Waals surface area (Å²) in [7, 11) is 1.93. The van der Waals surface area contributed by atoms with Crippen molar-refractivity contribution in [2.75, 3.05) is 33.4 Å². The van der Waals surface area contributed by atoms with Crippen molar-refractivity contribution >= 4 is 5.91 Å². The standard InChI is InChI=1S/C17H26N2O3/c1-3-11-21-15-6-8-16(9-7-15)22-12-10-19(2)13-17(20)18-14-4-5-14/h6-9,14H,3-5,10-13H2,1-2H3,(H,18,20). The van der Waals surface area contributed by atoms with Crippen LogP contribution >= 0.6 is 0 Å². The lowest BCUT2D eigenvalue weighted by Gasteiger charge is -2.16. The molecule has 1 aromatic rings. The maximum atomic E-state index is 11.7. The summed E-state index contributed by atoms with van der Waals surface area (Å²) in [5.74, 6) is 1.78. The Labute approximate surface area is 132 Å². The van der Waals surface area contributed by atoms with E-state index < -0.39 is 0 Å². The Morgan fingerprint density at radius 1 is 1.18 bits per heavy atom.